The Bertz CT molecular complexity index is 1240. The molecular weight excluding hydrogens is 548 g/mol. The van der Waals surface area contributed by atoms with Gasteiger partial charge in [0.05, 0.1) is 64.7 Å². The van der Waals surface area contributed by atoms with Crippen LogP contribution in [-0.2, 0) is 15.0 Å². The smallest absolute Gasteiger partial charge is 0.311 e. The zero-order valence-electron chi connectivity index (χ0n) is 27.3. The second-order valence-corrected chi connectivity index (χ2v) is 14.9. The van der Waals surface area contributed by atoms with Gasteiger partial charge in [0.15, 0.2) is 0 Å². The lowest BCUT2D eigenvalue weighted by molar-refractivity contribution is -0.914. The molecule has 0 aromatic heterocycles. The predicted molar refractivity (Wildman–Crippen MR) is 175 cm³/mol. The number of aliphatic carboxylic acids is 2. The number of quaternary nitrogens is 2. The van der Waals surface area contributed by atoms with Gasteiger partial charge in [-0.3, -0.25) is 9.59 Å². The van der Waals surface area contributed by atoms with Gasteiger partial charge in [0, 0.05) is 11.3 Å². The largest absolute Gasteiger partial charge is 0.481 e. The Labute approximate surface area is 265 Å². The van der Waals surface area contributed by atoms with Gasteiger partial charge in [0.2, 0.25) is 0 Å². The van der Waals surface area contributed by atoms with Crippen molar-refractivity contribution in [3.8, 4) is 0 Å². The van der Waals surface area contributed by atoms with Crippen molar-refractivity contribution in [3.63, 3.8) is 0 Å². The summed E-state index contributed by atoms with van der Waals surface area (Å²) in [6, 6.07) is 19.6. The molecule has 4 unspecified atom stereocenters. The van der Waals surface area contributed by atoms with Crippen LogP contribution in [0.15, 0.2) is 60.7 Å². The van der Waals surface area contributed by atoms with E-state index in [1.807, 2.05) is 60.7 Å². The summed E-state index contributed by atoms with van der Waals surface area (Å²) in [6.45, 7) is 6.93. The average Bonchev–Trinajstić information content (AvgIpc) is 3.01. The van der Waals surface area contributed by atoms with Crippen LogP contribution >= 0.6 is 0 Å². The van der Waals surface area contributed by atoms with Crippen molar-refractivity contribution in [2.45, 2.75) is 88.4 Å². The first-order valence-electron chi connectivity index (χ1n) is 17.4. The van der Waals surface area contributed by atoms with E-state index in [0.29, 0.717) is 12.8 Å². The molecule has 0 radical (unpaired) electrons. The zero-order valence-corrected chi connectivity index (χ0v) is 27.3. The highest BCUT2D eigenvalue weighted by atomic mass is 16.4. The van der Waals surface area contributed by atoms with E-state index in [4.69, 9.17) is 0 Å². The van der Waals surface area contributed by atoms with Gasteiger partial charge in [0.1, 0.15) is 0 Å². The summed E-state index contributed by atoms with van der Waals surface area (Å²) in [5.74, 6) is -3.08. The van der Waals surface area contributed by atoms with Crippen molar-refractivity contribution in [2.24, 2.45) is 11.3 Å². The minimum absolute atomic E-state index is 0.494. The molecule has 1 aliphatic carbocycles. The fourth-order valence-corrected chi connectivity index (χ4v) is 9.82. The molecule has 0 spiro atoms. The molecule has 44 heavy (non-hydrogen) atoms. The molecule has 2 aromatic rings. The fraction of sp³-hybridized carbons (Fsp3) is 0.632. The highest BCUT2D eigenvalue weighted by Gasteiger charge is 2.77. The molecule has 2 aromatic carbocycles. The minimum Gasteiger partial charge on any atom is -0.481 e. The van der Waals surface area contributed by atoms with Gasteiger partial charge >= 0.3 is 11.9 Å². The molecule has 2 N–H and O–H groups in total. The van der Waals surface area contributed by atoms with Gasteiger partial charge in [-0.15, -0.1) is 0 Å². The van der Waals surface area contributed by atoms with E-state index >= 15 is 0 Å². The number of hydrogen-bond acceptors (Lipinski definition) is 2. The predicted octanol–water partition coefficient (Wildman–Crippen LogP) is 7.10. The van der Waals surface area contributed by atoms with Gasteiger partial charge in [0.25, 0.3) is 0 Å². The Morgan fingerprint density at radius 3 is 1.64 bits per heavy atom. The van der Waals surface area contributed by atoms with Gasteiger partial charge in [-0.25, -0.2) is 0 Å². The number of likely N-dealkylation sites (tertiary alicyclic amines) is 2. The topological polar surface area (TPSA) is 74.6 Å². The van der Waals surface area contributed by atoms with E-state index in [2.05, 4.69) is 14.1 Å². The number of unbranched alkanes of at least 4 members (excludes halogenated alkanes) is 2. The Morgan fingerprint density at radius 2 is 1.16 bits per heavy atom. The summed E-state index contributed by atoms with van der Waals surface area (Å²) < 4.78 is 2.15. The van der Waals surface area contributed by atoms with Crippen LogP contribution in [0.1, 0.15) is 94.1 Å². The van der Waals surface area contributed by atoms with Crippen LogP contribution < -0.4 is 0 Å². The molecule has 6 heteroatoms. The minimum atomic E-state index is -1.19. The van der Waals surface area contributed by atoms with Crippen LogP contribution in [0, 0.1) is 11.3 Å². The first-order valence-corrected chi connectivity index (χ1v) is 17.4. The average molecular weight is 605 g/mol. The second-order valence-electron chi connectivity index (χ2n) is 14.9. The van der Waals surface area contributed by atoms with Crippen molar-refractivity contribution < 1.29 is 28.8 Å². The molecule has 2 saturated heterocycles. The van der Waals surface area contributed by atoms with Crippen LogP contribution in [0.5, 0.6) is 0 Å². The van der Waals surface area contributed by atoms with E-state index in [1.54, 1.807) is 0 Å². The summed E-state index contributed by atoms with van der Waals surface area (Å²) in [7, 11) is 4.70. The summed E-state index contributed by atoms with van der Waals surface area (Å²) in [6.07, 6.45) is 12.3. The zero-order chi connectivity index (χ0) is 31.3. The maximum atomic E-state index is 13.9. The van der Waals surface area contributed by atoms with Crippen LogP contribution in [0.2, 0.25) is 0 Å². The van der Waals surface area contributed by atoms with Gasteiger partial charge < -0.3 is 19.2 Å². The maximum absolute atomic E-state index is 13.9. The first-order chi connectivity index (χ1) is 21.2. The van der Waals surface area contributed by atoms with E-state index in [9.17, 15) is 19.8 Å². The number of carboxylic acid groups (broad SMARTS) is 2. The molecular formula is C38H56N2O4+2. The van der Waals surface area contributed by atoms with E-state index < -0.39 is 34.6 Å². The molecule has 2 heterocycles. The van der Waals surface area contributed by atoms with Crippen LogP contribution in [0.3, 0.4) is 0 Å². The van der Waals surface area contributed by atoms with Crippen molar-refractivity contribution in [2.75, 3.05) is 53.4 Å². The Hall–Kier alpha value is -2.70. The lowest BCUT2D eigenvalue weighted by Gasteiger charge is -2.67. The molecule has 5 rings (SSSR count). The number of carbonyl (C=O) groups is 2. The lowest BCUT2D eigenvalue weighted by Crippen LogP contribution is -2.72. The molecule has 3 aliphatic rings. The van der Waals surface area contributed by atoms with Crippen LogP contribution in [0.4, 0.5) is 0 Å². The number of benzene rings is 2. The molecule has 1 saturated carbocycles. The summed E-state index contributed by atoms with van der Waals surface area (Å²) >= 11 is 0. The van der Waals surface area contributed by atoms with E-state index in [0.717, 1.165) is 58.9 Å². The van der Waals surface area contributed by atoms with E-state index in [-0.39, 0.29) is 0 Å². The molecule has 0 amide bonds. The van der Waals surface area contributed by atoms with Crippen LogP contribution in [0.25, 0.3) is 0 Å². The third kappa shape index (κ3) is 6.22. The van der Waals surface area contributed by atoms with Crippen molar-refractivity contribution in [1.82, 2.24) is 0 Å². The third-order valence-corrected chi connectivity index (χ3v) is 12.1. The molecule has 6 nitrogen and oxygen atoms in total. The third-order valence-electron chi connectivity index (χ3n) is 12.1. The van der Waals surface area contributed by atoms with Crippen LogP contribution in [-0.4, -0.2) is 84.5 Å². The van der Waals surface area contributed by atoms with Gasteiger partial charge in [-0.05, 0) is 88.2 Å². The monoisotopic (exact) mass is 604 g/mol. The molecule has 240 valence electrons. The van der Waals surface area contributed by atoms with Crippen molar-refractivity contribution >= 4 is 11.9 Å². The fourth-order valence-electron chi connectivity index (χ4n) is 9.82. The summed E-state index contributed by atoms with van der Waals surface area (Å²) in [5.41, 5.74) is -0.440. The SMILES string of the molecule is C[N+]1(CCCCC2(C(=O)O)C(c3ccccc3)C(C(=O)O)C2(CCCC[N+]2(C)CCCCC2)c2ccccc2)CCCCC1. The van der Waals surface area contributed by atoms with Gasteiger partial charge in [-0.1, -0.05) is 60.7 Å². The summed E-state index contributed by atoms with van der Waals surface area (Å²) in [4.78, 5) is 27.3. The van der Waals surface area contributed by atoms with E-state index in [1.165, 1.54) is 64.7 Å². The maximum Gasteiger partial charge on any atom is 0.311 e. The first kappa shape index (κ1) is 32.7. The quantitative estimate of drug-likeness (QED) is 0.178. The van der Waals surface area contributed by atoms with Crippen molar-refractivity contribution in [1.29, 1.82) is 0 Å². The Balaban J connectivity index is 1.50. The number of piperidine rings is 2. The van der Waals surface area contributed by atoms with Gasteiger partial charge in [-0.2, -0.15) is 0 Å². The number of carboxylic acids is 2. The lowest BCUT2D eigenvalue weighted by atomic mass is 9.33. The van der Waals surface area contributed by atoms with Crippen molar-refractivity contribution in [3.05, 3.63) is 71.8 Å². The molecule has 4 atom stereocenters. The Morgan fingerprint density at radius 1 is 0.682 bits per heavy atom. The molecule has 2 aliphatic heterocycles. The second kappa shape index (κ2) is 13.7. The molecule has 0 bridgehead atoms. The Kier molecular flexibility index (Phi) is 10.2. The number of nitrogens with zero attached hydrogens (tertiary/aromatic N) is 2. The standard InChI is InChI=1S/C38H54N2O4/c1-39(25-13-5-14-26-39)29-17-11-23-37(32-21-9-4-10-22-32)34(35(41)42)33(31-19-7-3-8-20-31)38(37,36(43)44)24-12-18-30-40(2)27-15-6-16-28-40/h3-4,7-10,19-22,33-34H,5-6,11-18,23-30H2,1-2H3/p+2. The number of hydrogen-bond donors (Lipinski definition) is 2. The highest BCUT2D eigenvalue weighted by Crippen LogP contribution is 2.73. The number of rotatable bonds is 14. The summed E-state index contributed by atoms with van der Waals surface area (Å²) in [5, 5.41) is 22.4. The highest BCUT2D eigenvalue weighted by molar-refractivity contribution is 5.89. The normalized spacial score (nSPS) is 29.4. The molecule has 3 fully saturated rings.